The molecule has 0 amide bonds. The van der Waals surface area contributed by atoms with Gasteiger partial charge < -0.3 is 31.3 Å². The zero-order valence-corrected chi connectivity index (χ0v) is 20.4. The van der Waals surface area contributed by atoms with E-state index in [9.17, 15) is 9.90 Å². The molecular weight excluding hydrogens is 466 g/mol. The van der Waals surface area contributed by atoms with E-state index < -0.39 is 11.6 Å². The molecule has 3 fully saturated rings. The Kier molecular flexibility index (Phi) is 7.82. The summed E-state index contributed by atoms with van der Waals surface area (Å²) in [5, 5.41) is 11.7. The lowest BCUT2D eigenvalue weighted by Gasteiger charge is -2.51. The maximum atomic E-state index is 13.5. The molecule has 3 aliphatic rings. The van der Waals surface area contributed by atoms with E-state index in [-0.39, 0.29) is 23.1 Å². The average molecular weight is 498 g/mol. The van der Waals surface area contributed by atoms with Crippen molar-refractivity contribution in [1.82, 2.24) is 0 Å². The number of carbonyl (C=O) groups is 1. The largest absolute Gasteiger partial charge is 1.00 e. The zero-order chi connectivity index (χ0) is 21.9. The Labute approximate surface area is 202 Å². The molecule has 3 heterocycles. The van der Waals surface area contributed by atoms with Gasteiger partial charge in [-0.15, -0.1) is 0 Å². The highest BCUT2D eigenvalue weighted by molar-refractivity contribution is 5.85. The number of piperidine rings is 3. The van der Waals surface area contributed by atoms with Crippen molar-refractivity contribution in [3.05, 3.63) is 71.8 Å². The molecule has 0 unspecified atom stereocenters. The highest BCUT2D eigenvalue weighted by atomic mass is 79.9. The second-order valence-electron chi connectivity index (χ2n) is 9.33. The number of aliphatic hydroxyl groups is 1. The van der Waals surface area contributed by atoms with Crippen molar-refractivity contribution >= 4 is 5.97 Å². The summed E-state index contributed by atoms with van der Waals surface area (Å²) in [5.74, 6) is 6.77. The van der Waals surface area contributed by atoms with E-state index in [0.29, 0.717) is 23.0 Å². The maximum Gasteiger partial charge on any atom is 0.348 e. The molecule has 0 spiro atoms. The third kappa shape index (κ3) is 4.93. The van der Waals surface area contributed by atoms with Crippen molar-refractivity contribution in [2.45, 2.75) is 38.4 Å². The monoisotopic (exact) mass is 497 g/mol. The van der Waals surface area contributed by atoms with Crippen LogP contribution in [0.3, 0.4) is 0 Å². The first-order valence-electron chi connectivity index (χ1n) is 11.3. The topological polar surface area (TPSA) is 46.5 Å². The summed E-state index contributed by atoms with van der Waals surface area (Å²) < 4.78 is 6.99. The third-order valence-corrected chi connectivity index (χ3v) is 6.78. The van der Waals surface area contributed by atoms with Gasteiger partial charge in [0.2, 0.25) is 5.60 Å². The lowest BCUT2D eigenvalue weighted by atomic mass is 9.82. The van der Waals surface area contributed by atoms with Crippen LogP contribution in [0.4, 0.5) is 0 Å². The SMILES string of the molecule is CC(C)C#CC[N+]12CCC(CC1)[C@@H](OC(=O)C(O)(c1ccccc1)c1ccccc1)C2.[Br-]. The normalized spacial score (nSPS) is 24.2. The van der Waals surface area contributed by atoms with Gasteiger partial charge in [-0.1, -0.05) is 80.4 Å². The van der Waals surface area contributed by atoms with E-state index in [2.05, 4.69) is 25.7 Å². The molecule has 3 aliphatic heterocycles. The number of fused-ring (bicyclic) bond motifs is 3. The van der Waals surface area contributed by atoms with Gasteiger partial charge in [0.1, 0.15) is 13.1 Å². The Morgan fingerprint density at radius 3 is 2.09 bits per heavy atom. The molecule has 4 nitrogen and oxygen atoms in total. The van der Waals surface area contributed by atoms with E-state index in [1.165, 1.54) is 0 Å². The van der Waals surface area contributed by atoms with Gasteiger partial charge in [-0.3, -0.25) is 0 Å². The van der Waals surface area contributed by atoms with Gasteiger partial charge in [0.15, 0.2) is 6.10 Å². The van der Waals surface area contributed by atoms with Crippen LogP contribution >= 0.6 is 0 Å². The molecule has 0 radical (unpaired) electrons. The molecule has 2 aromatic carbocycles. The van der Waals surface area contributed by atoms with Gasteiger partial charge in [0, 0.05) is 24.7 Å². The minimum absolute atomic E-state index is 0. The second kappa shape index (κ2) is 10.2. The first-order chi connectivity index (χ1) is 14.9. The van der Waals surface area contributed by atoms with Crippen molar-refractivity contribution in [2.24, 2.45) is 11.8 Å². The molecule has 0 aromatic heterocycles. The van der Waals surface area contributed by atoms with Crippen LogP contribution in [-0.2, 0) is 15.1 Å². The highest BCUT2D eigenvalue weighted by Crippen LogP contribution is 2.38. The van der Waals surface area contributed by atoms with Crippen LogP contribution in [0.2, 0.25) is 0 Å². The quantitative estimate of drug-likeness (QED) is 0.376. The molecule has 1 N–H and O–H groups in total. The van der Waals surface area contributed by atoms with E-state index in [0.717, 1.165) is 43.5 Å². The van der Waals surface area contributed by atoms with Crippen molar-refractivity contribution in [1.29, 1.82) is 0 Å². The predicted octanol–water partition coefficient (Wildman–Crippen LogP) is 0.738. The molecule has 170 valence electrons. The molecule has 5 rings (SSSR count). The molecule has 3 saturated heterocycles. The van der Waals surface area contributed by atoms with Crippen molar-refractivity contribution < 1.29 is 36.1 Å². The first-order valence-corrected chi connectivity index (χ1v) is 11.3. The Balaban J connectivity index is 0.00000289. The van der Waals surface area contributed by atoms with Gasteiger partial charge in [-0.05, 0) is 17.0 Å². The number of halogens is 1. The lowest BCUT2D eigenvalue weighted by Crippen LogP contribution is -3.00. The smallest absolute Gasteiger partial charge is 0.348 e. The number of esters is 1. The summed E-state index contributed by atoms with van der Waals surface area (Å²) in [6.07, 6.45) is 1.89. The fourth-order valence-electron chi connectivity index (χ4n) is 4.98. The van der Waals surface area contributed by atoms with Gasteiger partial charge in [0.25, 0.3) is 0 Å². The number of hydrogen-bond donors (Lipinski definition) is 1. The molecule has 5 heteroatoms. The summed E-state index contributed by atoms with van der Waals surface area (Å²) in [6.45, 7) is 7.98. The number of quaternary nitrogens is 1. The number of benzene rings is 2. The van der Waals surface area contributed by atoms with Gasteiger partial charge in [-0.25, -0.2) is 4.79 Å². The number of ether oxygens (including phenoxy) is 1. The summed E-state index contributed by atoms with van der Waals surface area (Å²) in [4.78, 5) is 13.5. The van der Waals surface area contributed by atoms with Crippen molar-refractivity contribution in [3.8, 4) is 11.8 Å². The van der Waals surface area contributed by atoms with Crippen LogP contribution in [0.25, 0.3) is 0 Å². The van der Waals surface area contributed by atoms with E-state index in [1.807, 2.05) is 36.4 Å². The highest BCUT2D eigenvalue weighted by Gasteiger charge is 2.50. The van der Waals surface area contributed by atoms with Crippen LogP contribution in [0.1, 0.15) is 37.8 Å². The maximum absolute atomic E-state index is 13.5. The average Bonchev–Trinajstić information content (AvgIpc) is 2.80. The lowest BCUT2D eigenvalue weighted by molar-refractivity contribution is -0.939. The minimum Gasteiger partial charge on any atom is -1.00 e. The summed E-state index contributed by atoms with van der Waals surface area (Å²) in [6, 6.07) is 18.2. The fraction of sp³-hybridized carbons (Fsp3) is 0.444. The third-order valence-electron chi connectivity index (χ3n) is 6.78. The number of carbonyl (C=O) groups excluding carboxylic acids is 1. The number of nitrogens with zero attached hydrogens (tertiary/aromatic N) is 1. The Morgan fingerprint density at radius 2 is 1.59 bits per heavy atom. The minimum atomic E-state index is -1.82. The molecule has 32 heavy (non-hydrogen) atoms. The van der Waals surface area contributed by atoms with Gasteiger partial charge >= 0.3 is 5.97 Å². The van der Waals surface area contributed by atoms with Crippen LogP contribution in [0.15, 0.2) is 60.7 Å². The first kappa shape index (κ1) is 24.5. The van der Waals surface area contributed by atoms with E-state index in [1.54, 1.807) is 24.3 Å². The molecule has 2 bridgehead atoms. The second-order valence-corrected chi connectivity index (χ2v) is 9.33. The van der Waals surface area contributed by atoms with Gasteiger partial charge in [0.05, 0.1) is 13.1 Å². The zero-order valence-electron chi connectivity index (χ0n) is 18.8. The molecule has 0 saturated carbocycles. The Bertz CT molecular complexity index is 917. The molecule has 1 atom stereocenters. The van der Waals surface area contributed by atoms with Crippen LogP contribution < -0.4 is 17.0 Å². The molecule has 2 aromatic rings. The predicted molar refractivity (Wildman–Crippen MR) is 121 cm³/mol. The van der Waals surface area contributed by atoms with Gasteiger partial charge in [-0.2, -0.15) is 0 Å². The molecule has 0 aliphatic carbocycles. The van der Waals surface area contributed by atoms with Crippen LogP contribution in [0.5, 0.6) is 0 Å². The summed E-state index contributed by atoms with van der Waals surface area (Å²) in [7, 11) is 0. The Hall–Kier alpha value is -2.13. The van der Waals surface area contributed by atoms with E-state index in [4.69, 9.17) is 4.74 Å². The van der Waals surface area contributed by atoms with Crippen molar-refractivity contribution in [2.75, 3.05) is 26.2 Å². The Morgan fingerprint density at radius 1 is 1.06 bits per heavy atom. The van der Waals surface area contributed by atoms with Crippen LogP contribution in [-0.4, -0.2) is 47.8 Å². The standard InChI is InChI=1S/C27H32NO3.BrH/c1-21(2)10-9-17-28-18-15-22(16-19-28)25(20-28)31-26(29)27(30,23-11-5-3-6-12-23)24-13-7-4-8-14-24;/h3-8,11-14,21-22,25,30H,15-20H2,1-2H3;1H/q+1;/p-1/t22?,25-,28?;/m0./s1. The van der Waals surface area contributed by atoms with Crippen LogP contribution in [0, 0.1) is 23.7 Å². The fourth-order valence-corrected chi connectivity index (χ4v) is 4.98. The number of rotatable bonds is 5. The van der Waals surface area contributed by atoms with Crippen molar-refractivity contribution in [3.63, 3.8) is 0 Å². The summed E-state index contributed by atoms with van der Waals surface area (Å²) >= 11 is 0. The number of hydrogen-bond acceptors (Lipinski definition) is 3. The van der Waals surface area contributed by atoms with E-state index >= 15 is 0 Å². The summed E-state index contributed by atoms with van der Waals surface area (Å²) in [5.41, 5.74) is -0.769. The molecular formula is C27H32BrNO3.